The number of nitrogens with two attached hydrogens (primary N) is 1. The Kier molecular flexibility index (Phi) is 6.84. The first kappa shape index (κ1) is 21.7. The summed E-state index contributed by atoms with van der Waals surface area (Å²) in [6, 6.07) is 12.7. The number of hydrogen-bond donors (Lipinski definition) is 1. The molecular weight excluding hydrogens is 384 g/mol. The number of amides is 1. The smallest absolute Gasteiger partial charge is 0.248 e. The SMILES string of the molecule is COc1cc(C(N)=O)ccc1N(C)c1cc(C2CCCCC2)cc(C2CCCCC2)c1. The van der Waals surface area contributed by atoms with Gasteiger partial charge in [0, 0.05) is 18.3 Å². The van der Waals surface area contributed by atoms with E-state index in [1.54, 1.807) is 19.2 Å². The third-order valence-corrected chi connectivity index (χ3v) is 7.33. The molecule has 0 aromatic heterocycles. The Balaban J connectivity index is 1.72. The number of nitrogens with zero attached hydrogens (tertiary/aromatic N) is 1. The Hall–Kier alpha value is -2.49. The molecule has 2 aliphatic rings. The van der Waals surface area contributed by atoms with Crippen molar-refractivity contribution in [3.8, 4) is 5.75 Å². The topological polar surface area (TPSA) is 55.6 Å². The van der Waals surface area contributed by atoms with Crippen molar-refractivity contribution in [2.24, 2.45) is 5.73 Å². The molecule has 0 radical (unpaired) electrons. The first-order chi connectivity index (χ1) is 15.1. The quantitative estimate of drug-likeness (QED) is 0.568. The lowest BCUT2D eigenvalue weighted by Crippen LogP contribution is -2.15. The number of anilines is 2. The fourth-order valence-electron chi connectivity index (χ4n) is 5.44. The molecule has 0 bridgehead atoms. The molecule has 4 rings (SSSR count). The predicted octanol–water partition coefficient (Wildman–Crippen LogP) is 6.66. The molecule has 2 aromatic carbocycles. The Morgan fingerprint density at radius 1 is 0.871 bits per heavy atom. The van der Waals surface area contributed by atoms with E-state index in [-0.39, 0.29) is 0 Å². The van der Waals surface area contributed by atoms with Gasteiger partial charge in [0.25, 0.3) is 0 Å². The van der Waals surface area contributed by atoms with E-state index in [4.69, 9.17) is 10.5 Å². The van der Waals surface area contributed by atoms with Crippen LogP contribution in [0.25, 0.3) is 0 Å². The van der Waals surface area contributed by atoms with Crippen molar-refractivity contribution in [1.82, 2.24) is 0 Å². The second-order valence-corrected chi connectivity index (χ2v) is 9.34. The number of carbonyl (C=O) groups excluding carboxylic acids is 1. The van der Waals surface area contributed by atoms with Gasteiger partial charge in [-0.3, -0.25) is 4.79 Å². The van der Waals surface area contributed by atoms with Gasteiger partial charge in [-0.05, 0) is 79.0 Å². The van der Waals surface area contributed by atoms with E-state index in [1.165, 1.54) is 81.0 Å². The summed E-state index contributed by atoms with van der Waals surface area (Å²) < 4.78 is 5.62. The van der Waals surface area contributed by atoms with Crippen LogP contribution < -0.4 is 15.4 Å². The summed E-state index contributed by atoms with van der Waals surface area (Å²) in [4.78, 5) is 13.8. The van der Waals surface area contributed by atoms with Crippen LogP contribution in [0.1, 0.15) is 97.5 Å². The summed E-state index contributed by atoms with van der Waals surface area (Å²) in [7, 11) is 3.73. The minimum absolute atomic E-state index is 0.439. The van der Waals surface area contributed by atoms with Gasteiger partial charge in [0.15, 0.2) is 0 Å². The van der Waals surface area contributed by atoms with Gasteiger partial charge in [-0.2, -0.15) is 0 Å². The average Bonchev–Trinajstić information content (AvgIpc) is 2.84. The number of carbonyl (C=O) groups is 1. The summed E-state index contributed by atoms with van der Waals surface area (Å²) in [5, 5.41) is 0. The van der Waals surface area contributed by atoms with Crippen LogP contribution in [0, 0.1) is 0 Å². The van der Waals surface area contributed by atoms with Crippen LogP contribution in [0.2, 0.25) is 0 Å². The Labute approximate surface area is 186 Å². The standard InChI is InChI=1S/C27H36N2O2/c1-29(25-14-13-21(27(28)30)18-26(25)31-2)24-16-22(19-9-5-3-6-10-19)15-23(17-24)20-11-7-4-8-12-20/h13-20H,3-12H2,1-2H3,(H2,28,30). The van der Waals surface area contributed by atoms with Crippen molar-refractivity contribution in [1.29, 1.82) is 0 Å². The maximum absolute atomic E-state index is 11.6. The summed E-state index contributed by atoms with van der Waals surface area (Å²) in [6.07, 6.45) is 13.3. The zero-order valence-corrected chi connectivity index (χ0v) is 19.0. The van der Waals surface area contributed by atoms with Crippen LogP contribution in [0.3, 0.4) is 0 Å². The van der Waals surface area contributed by atoms with Gasteiger partial charge < -0.3 is 15.4 Å². The number of ether oxygens (including phenoxy) is 1. The molecule has 2 aromatic rings. The number of methoxy groups -OCH3 is 1. The summed E-state index contributed by atoms with van der Waals surface area (Å²) >= 11 is 0. The molecular formula is C27H36N2O2. The van der Waals surface area contributed by atoms with Gasteiger partial charge in [0.05, 0.1) is 12.8 Å². The van der Waals surface area contributed by atoms with Crippen molar-refractivity contribution in [2.75, 3.05) is 19.1 Å². The number of primary amides is 1. The lowest BCUT2D eigenvalue weighted by Gasteiger charge is -2.29. The number of rotatable bonds is 6. The number of benzene rings is 2. The number of hydrogen-bond acceptors (Lipinski definition) is 3. The van der Waals surface area contributed by atoms with Crippen LogP contribution in [0.5, 0.6) is 5.75 Å². The van der Waals surface area contributed by atoms with E-state index in [2.05, 4.69) is 30.1 Å². The second kappa shape index (κ2) is 9.76. The maximum atomic E-state index is 11.6. The van der Waals surface area contributed by atoms with Crippen LogP contribution >= 0.6 is 0 Å². The molecule has 4 nitrogen and oxygen atoms in total. The fourth-order valence-corrected chi connectivity index (χ4v) is 5.44. The van der Waals surface area contributed by atoms with E-state index >= 15 is 0 Å². The maximum Gasteiger partial charge on any atom is 0.248 e. The lowest BCUT2D eigenvalue weighted by molar-refractivity contribution is 0.1000. The minimum Gasteiger partial charge on any atom is -0.495 e. The molecule has 0 atom stereocenters. The molecule has 0 unspecified atom stereocenters. The molecule has 2 fully saturated rings. The molecule has 1 amide bonds. The van der Waals surface area contributed by atoms with E-state index in [1.807, 2.05) is 6.07 Å². The third-order valence-electron chi connectivity index (χ3n) is 7.33. The average molecular weight is 421 g/mol. The molecule has 2 saturated carbocycles. The van der Waals surface area contributed by atoms with E-state index < -0.39 is 5.91 Å². The third kappa shape index (κ3) is 4.89. The summed E-state index contributed by atoms with van der Waals surface area (Å²) in [5.41, 5.74) is 11.1. The van der Waals surface area contributed by atoms with Gasteiger partial charge >= 0.3 is 0 Å². The molecule has 4 heteroatoms. The largest absolute Gasteiger partial charge is 0.495 e. The van der Waals surface area contributed by atoms with Gasteiger partial charge in [0.2, 0.25) is 5.91 Å². The van der Waals surface area contributed by atoms with Crippen molar-refractivity contribution in [2.45, 2.75) is 76.0 Å². The normalized spacial score (nSPS) is 18.0. The second-order valence-electron chi connectivity index (χ2n) is 9.34. The van der Waals surface area contributed by atoms with Crippen LogP contribution in [0.4, 0.5) is 11.4 Å². The zero-order valence-electron chi connectivity index (χ0n) is 19.0. The van der Waals surface area contributed by atoms with Crippen molar-refractivity contribution < 1.29 is 9.53 Å². The lowest BCUT2D eigenvalue weighted by atomic mass is 9.79. The van der Waals surface area contributed by atoms with Gasteiger partial charge in [-0.25, -0.2) is 0 Å². The van der Waals surface area contributed by atoms with Crippen LogP contribution in [-0.4, -0.2) is 20.1 Å². The molecule has 0 spiro atoms. The van der Waals surface area contributed by atoms with Gasteiger partial charge in [0.1, 0.15) is 5.75 Å². The molecule has 31 heavy (non-hydrogen) atoms. The Morgan fingerprint density at radius 2 is 1.42 bits per heavy atom. The summed E-state index contributed by atoms with van der Waals surface area (Å²) in [5.74, 6) is 1.57. The van der Waals surface area contributed by atoms with Crippen molar-refractivity contribution in [3.63, 3.8) is 0 Å². The highest BCUT2D eigenvalue weighted by Gasteiger charge is 2.22. The minimum atomic E-state index is -0.439. The van der Waals surface area contributed by atoms with Gasteiger partial charge in [-0.15, -0.1) is 0 Å². The molecule has 0 heterocycles. The first-order valence-corrected chi connectivity index (χ1v) is 11.9. The molecule has 2 N–H and O–H groups in total. The van der Waals surface area contributed by atoms with E-state index in [9.17, 15) is 4.79 Å². The highest BCUT2D eigenvalue weighted by Crippen LogP contribution is 2.41. The van der Waals surface area contributed by atoms with Crippen LogP contribution in [0.15, 0.2) is 36.4 Å². The molecule has 0 aliphatic heterocycles. The predicted molar refractivity (Wildman–Crippen MR) is 128 cm³/mol. The van der Waals surface area contributed by atoms with Crippen LogP contribution in [-0.2, 0) is 0 Å². The molecule has 0 saturated heterocycles. The Bertz CT molecular complexity index is 875. The highest BCUT2D eigenvalue weighted by atomic mass is 16.5. The monoisotopic (exact) mass is 420 g/mol. The Morgan fingerprint density at radius 3 is 1.90 bits per heavy atom. The van der Waals surface area contributed by atoms with E-state index in [0.717, 1.165) is 5.69 Å². The molecule has 166 valence electrons. The summed E-state index contributed by atoms with van der Waals surface area (Å²) in [6.45, 7) is 0. The van der Waals surface area contributed by atoms with Crippen molar-refractivity contribution in [3.05, 3.63) is 53.1 Å². The first-order valence-electron chi connectivity index (χ1n) is 11.9. The van der Waals surface area contributed by atoms with Crippen molar-refractivity contribution >= 4 is 17.3 Å². The zero-order chi connectivity index (χ0) is 21.8. The van der Waals surface area contributed by atoms with Gasteiger partial charge in [-0.1, -0.05) is 44.6 Å². The molecule has 2 aliphatic carbocycles. The highest BCUT2D eigenvalue weighted by molar-refractivity contribution is 5.94. The fraction of sp³-hybridized carbons (Fsp3) is 0.519. The van der Waals surface area contributed by atoms with E-state index in [0.29, 0.717) is 23.1 Å².